The van der Waals surface area contributed by atoms with E-state index in [0.29, 0.717) is 19.7 Å². The number of aryl methyl sites for hydroxylation is 3. The zero-order valence-corrected chi connectivity index (χ0v) is 16.5. The van der Waals surface area contributed by atoms with Gasteiger partial charge in [0, 0.05) is 32.1 Å². The molecule has 0 aliphatic rings. The maximum absolute atomic E-state index is 5.59. The van der Waals surface area contributed by atoms with Gasteiger partial charge in [0.2, 0.25) is 0 Å². The topological polar surface area (TPSA) is 71.7 Å². The second-order valence-electron chi connectivity index (χ2n) is 6.05. The molecule has 1 aromatic heterocycles. The van der Waals surface area contributed by atoms with Crippen LogP contribution < -0.4 is 15.4 Å². The van der Waals surface area contributed by atoms with Gasteiger partial charge < -0.3 is 19.9 Å². The Bertz CT molecular complexity index is 716. The standard InChI is InChI=1S/C20H30N4O2/c1-6-17-16(18(7-2)26-24-17)13-23-20(21-5)22-12-15-9-10-19(25-8-3)14(4)11-15/h9-11H,6-8,12-13H2,1-5H3,(H2,21,22,23). The summed E-state index contributed by atoms with van der Waals surface area (Å²) < 4.78 is 11.0. The van der Waals surface area contributed by atoms with Crippen molar-refractivity contribution in [1.29, 1.82) is 0 Å². The fraction of sp³-hybridized carbons (Fsp3) is 0.500. The number of hydrogen-bond donors (Lipinski definition) is 2. The monoisotopic (exact) mass is 358 g/mol. The molecular weight excluding hydrogens is 328 g/mol. The molecule has 0 radical (unpaired) electrons. The summed E-state index contributed by atoms with van der Waals surface area (Å²) in [6.07, 6.45) is 1.69. The highest BCUT2D eigenvalue weighted by Crippen LogP contribution is 2.19. The van der Waals surface area contributed by atoms with E-state index < -0.39 is 0 Å². The summed E-state index contributed by atoms with van der Waals surface area (Å²) in [4.78, 5) is 4.30. The first kappa shape index (κ1) is 19.8. The van der Waals surface area contributed by atoms with Gasteiger partial charge in [0.1, 0.15) is 11.5 Å². The van der Waals surface area contributed by atoms with Crippen molar-refractivity contribution in [3.8, 4) is 5.75 Å². The predicted molar refractivity (Wildman–Crippen MR) is 105 cm³/mol. The molecule has 0 aliphatic carbocycles. The number of aliphatic imine (C=N–C) groups is 1. The van der Waals surface area contributed by atoms with Crippen molar-refractivity contribution >= 4 is 5.96 Å². The van der Waals surface area contributed by atoms with Crippen LogP contribution in [0.5, 0.6) is 5.75 Å². The molecule has 2 rings (SSSR count). The van der Waals surface area contributed by atoms with Crippen molar-refractivity contribution in [3.05, 3.63) is 46.3 Å². The Morgan fingerprint density at radius 2 is 1.92 bits per heavy atom. The Morgan fingerprint density at radius 3 is 2.54 bits per heavy atom. The van der Waals surface area contributed by atoms with Crippen LogP contribution in [0.3, 0.4) is 0 Å². The molecule has 0 aliphatic heterocycles. The summed E-state index contributed by atoms with van der Waals surface area (Å²) >= 11 is 0. The minimum atomic E-state index is 0.651. The van der Waals surface area contributed by atoms with Gasteiger partial charge in [-0.25, -0.2) is 0 Å². The maximum atomic E-state index is 5.59. The Morgan fingerprint density at radius 1 is 1.15 bits per heavy atom. The molecule has 0 saturated carbocycles. The van der Waals surface area contributed by atoms with Crippen molar-refractivity contribution in [1.82, 2.24) is 15.8 Å². The molecule has 0 atom stereocenters. The van der Waals surface area contributed by atoms with Crippen LogP contribution in [-0.4, -0.2) is 24.8 Å². The molecule has 2 aromatic rings. The Hall–Kier alpha value is -2.50. The molecular formula is C20H30N4O2. The highest BCUT2D eigenvalue weighted by atomic mass is 16.5. The second kappa shape index (κ2) is 9.85. The number of ether oxygens (including phenoxy) is 1. The molecule has 0 unspecified atom stereocenters. The Labute approximate surface area is 156 Å². The molecule has 1 aromatic carbocycles. The molecule has 6 heteroatoms. The van der Waals surface area contributed by atoms with Crippen LogP contribution in [0.4, 0.5) is 0 Å². The van der Waals surface area contributed by atoms with Crippen LogP contribution >= 0.6 is 0 Å². The van der Waals surface area contributed by atoms with Gasteiger partial charge in [-0.2, -0.15) is 0 Å². The first-order chi connectivity index (χ1) is 12.6. The summed E-state index contributed by atoms with van der Waals surface area (Å²) in [5.41, 5.74) is 4.46. The van der Waals surface area contributed by atoms with Gasteiger partial charge in [-0.1, -0.05) is 31.1 Å². The van der Waals surface area contributed by atoms with Crippen LogP contribution in [0.2, 0.25) is 0 Å². The van der Waals surface area contributed by atoms with E-state index in [1.165, 1.54) is 5.56 Å². The summed E-state index contributed by atoms with van der Waals surface area (Å²) in [7, 11) is 1.77. The van der Waals surface area contributed by atoms with E-state index in [-0.39, 0.29) is 0 Å². The average molecular weight is 358 g/mol. The van der Waals surface area contributed by atoms with Gasteiger partial charge in [-0.05, 0) is 37.5 Å². The van der Waals surface area contributed by atoms with Crippen molar-refractivity contribution in [2.75, 3.05) is 13.7 Å². The first-order valence-corrected chi connectivity index (χ1v) is 9.25. The normalized spacial score (nSPS) is 11.5. The van der Waals surface area contributed by atoms with Crippen molar-refractivity contribution in [2.24, 2.45) is 4.99 Å². The van der Waals surface area contributed by atoms with Gasteiger partial charge in [0.15, 0.2) is 5.96 Å². The average Bonchev–Trinajstić information content (AvgIpc) is 3.06. The van der Waals surface area contributed by atoms with Crippen LogP contribution in [-0.2, 0) is 25.9 Å². The Balaban J connectivity index is 1.94. The number of guanidine groups is 1. The SMILES string of the molecule is CCOc1ccc(CNC(=NC)NCc2c(CC)noc2CC)cc1C. The third-order valence-electron chi connectivity index (χ3n) is 4.26. The summed E-state index contributed by atoms with van der Waals surface area (Å²) in [5, 5.41) is 10.8. The van der Waals surface area contributed by atoms with Gasteiger partial charge in [0.05, 0.1) is 12.3 Å². The minimum Gasteiger partial charge on any atom is -0.494 e. The number of nitrogens with one attached hydrogen (secondary N) is 2. The number of nitrogens with zero attached hydrogens (tertiary/aromatic N) is 2. The molecule has 0 spiro atoms. The lowest BCUT2D eigenvalue weighted by atomic mass is 10.1. The Kier molecular flexibility index (Phi) is 7.51. The molecule has 6 nitrogen and oxygen atoms in total. The fourth-order valence-electron chi connectivity index (χ4n) is 2.86. The molecule has 0 saturated heterocycles. The van der Waals surface area contributed by atoms with Crippen LogP contribution in [0.25, 0.3) is 0 Å². The quantitative estimate of drug-likeness (QED) is 0.559. The van der Waals surface area contributed by atoms with Crippen LogP contribution in [0.15, 0.2) is 27.7 Å². The van der Waals surface area contributed by atoms with Gasteiger partial charge in [0.25, 0.3) is 0 Å². The van der Waals surface area contributed by atoms with E-state index in [1.54, 1.807) is 7.05 Å². The molecule has 142 valence electrons. The predicted octanol–water partition coefficient (Wildman–Crippen LogP) is 3.37. The minimum absolute atomic E-state index is 0.651. The zero-order chi connectivity index (χ0) is 18.9. The third kappa shape index (κ3) is 5.00. The number of rotatable bonds is 8. The van der Waals surface area contributed by atoms with E-state index in [4.69, 9.17) is 9.26 Å². The summed E-state index contributed by atoms with van der Waals surface area (Å²) in [5.74, 6) is 2.62. The molecule has 0 bridgehead atoms. The fourth-order valence-corrected chi connectivity index (χ4v) is 2.86. The highest BCUT2D eigenvalue weighted by molar-refractivity contribution is 5.79. The van der Waals surface area contributed by atoms with Crippen molar-refractivity contribution in [3.63, 3.8) is 0 Å². The second-order valence-corrected chi connectivity index (χ2v) is 6.05. The van der Waals surface area contributed by atoms with Crippen LogP contribution in [0, 0.1) is 6.92 Å². The van der Waals surface area contributed by atoms with Crippen LogP contribution in [0.1, 0.15) is 48.9 Å². The van der Waals surface area contributed by atoms with E-state index in [9.17, 15) is 0 Å². The van der Waals surface area contributed by atoms with Gasteiger partial charge >= 0.3 is 0 Å². The zero-order valence-electron chi connectivity index (χ0n) is 16.5. The van der Waals surface area contributed by atoms with E-state index >= 15 is 0 Å². The number of aromatic nitrogens is 1. The first-order valence-electron chi connectivity index (χ1n) is 9.25. The van der Waals surface area contributed by atoms with Gasteiger partial charge in [-0.15, -0.1) is 0 Å². The summed E-state index contributed by atoms with van der Waals surface area (Å²) in [6, 6.07) is 6.22. The molecule has 26 heavy (non-hydrogen) atoms. The van der Waals surface area contributed by atoms with Crippen molar-refractivity contribution in [2.45, 2.75) is 53.6 Å². The lowest BCUT2D eigenvalue weighted by Crippen LogP contribution is -2.36. The lowest BCUT2D eigenvalue weighted by Gasteiger charge is -2.13. The molecule has 2 N–H and O–H groups in total. The smallest absolute Gasteiger partial charge is 0.191 e. The lowest BCUT2D eigenvalue weighted by molar-refractivity contribution is 0.338. The molecule has 0 amide bonds. The molecule has 0 fully saturated rings. The highest BCUT2D eigenvalue weighted by Gasteiger charge is 2.13. The summed E-state index contributed by atoms with van der Waals surface area (Å²) in [6.45, 7) is 10.2. The third-order valence-corrected chi connectivity index (χ3v) is 4.26. The molecule has 1 heterocycles. The maximum Gasteiger partial charge on any atom is 0.191 e. The van der Waals surface area contributed by atoms with E-state index in [2.05, 4.69) is 53.7 Å². The number of benzene rings is 1. The van der Waals surface area contributed by atoms with E-state index in [1.807, 2.05) is 13.0 Å². The largest absolute Gasteiger partial charge is 0.494 e. The van der Waals surface area contributed by atoms with E-state index in [0.717, 1.165) is 47.1 Å². The number of hydrogen-bond acceptors (Lipinski definition) is 4. The van der Waals surface area contributed by atoms with Gasteiger partial charge in [-0.3, -0.25) is 4.99 Å². The van der Waals surface area contributed by atoms with Crippen molar-refractivity contribution < 1.29 is 9.26 Å².